The molecule has 0 spiro atoms. The van der Waals surface area contributed by atoms with E-state index in [-0.39, 0.29) is 5.91 Å². The number of methoxy groups -OCH3 is 1. The third-order valence-electron chi connectivity index (χ3n) is 3.88. The molecule has 1 aliphatic rings. The first kappa shape index (κ1) is 17.3. The summed E-state index contributed by atoms with van der Waals surface area (Å²) in [5, 5.41) is 6.35. The van der Waals surface area contributed by atoms with Gasteiger partial charge < -0.3 is 20.3 Å². The van der Waals surface area contributed by atoms with Gasteiger partial charge in [0.2, 0.25) is 5.91 Å². The van der Waals surface area contributed by atoms with Crippen LogP contribution in [0.3, 0.4) is 0 Å². The molecule has 1 amide bonds. The Morgan fingerprint density at radius 3 is 2.48 bits per heavy atom. The first-order valence-electron chi connectivity index (χ1n) is 8.02. The molecule has 0 saturated heterocycles. The normalized spacial score (nSPS) is 13.8. The molecule has 0 bridgehead atoms. The van der Waals surface area contributed by atoms with E-state index in [2.05, 4.69) is 27.8 Å². The van der Waals surface area contributed by atoms with E-state index < -0.39 is 0 Å². The summed E-state index contributed by atoms with van der Waals surface area (Å²) in [5.74, 6) is 0.952. The second-order valence-electron chi connectivity index (χ2n) is 5.54. The van der Waals surface area contributed by atoms with E-state index in [0.717, 1.165) is 32.0 Å². The second-order valence-corrected chi connectivity index (χ2v) is 5.54. The zero-order chi connectivity index (χ0) is 16.5. The number of hydrogen-bond acceptors (Lipinski definition) is 3. The van der Waals surface area contributed by atoms with Gasteiger partial charge >= 0.3 is 0 Å². The Morgan fingerprint density at radius 2 is 1.87 bits per heavy atom. The zero-order valence-electron chi connectivity index (χ0n) is 14.0. The van der Waals surface area contributed by atoms with Gasteiger partial charge in [-0.05, 0) is 17.5 Å². The first-order chi connectivity index (χ1) is 11.2. The Bertz CT molecular complexity index is 520. The van der Waals surface area contributed by atoms with Gasteiger partial charge in [-0.2, -0.15) is 0 Å². The number of rotatable bonds is 7. The van der Waals surface area contributed by atoms with Gasteiger partial charge in [0.25, 0.3) is 0 Å². The standard InChI is InChI=1S/C17H26N4O2/c1-18-17(20-10-11-23-2)19-9-5-8-16(22)21-12-14-6-3-4-7-15(14)13-21/h3-4,6-7H,5,8-13H2,1-2H3,(H2,18,19,20). The van der Waals surface area contributed by atoms with Crippen LogP contribution in [0.4, 0.5) is 0 Å². The largest absolute Gasteiger partial charge is 0.383 e. The summed E-state index contributed by atoms with van der Waals surface area (Å²) in [7, 11) is 3.40. The van der Waals surface area contributed by atoms with Crippen LogP contribution in [0.2, 0.25) is 0 Å². The molecule has 0 radical (unpaired) electrons. The summed E-state index contributed by atoms with van der Waals surface area (Å²) < 4.78 is 4.98. The van der Waals surface area contributed by atoms with Crippen molar-refractivity contribution in [3.63, 3.8) is 0 Å². The Balaban J connectivity index is 1.64. The molecule has 0 atom stereocenters. The maximum absolute atomic E-state index is 12.3. The Hall–Kier alpha value is -2.08. The molecule has 23 heavy (non-hydrogen) atoms. The molecule has 1 aliphatic heterocycles. The van der Waals surface area contributed by atoms with Crippen LogP contribution in [0.15, 0.2) is 29.3 Å². The topological polar surface area (TPSA) is 66.0 Å². The van der Waals surface area contributed by atoms with Crippen LogP contribution in [0, 0.1) is 0 Å². The van der Waals surface area contributed by atoms with E-state index in [4.69, 9.17) is 4.74 Å². The van der Waals surface area contributed by atoms with E-state index in [0.29, 0.717) is 19.6 Å². The summed E-state index contributed by atoms with van der Waals surface area (Å²) in [6.45, 7) is 3.54. The van der Waals surface area contributed by atoms with E-state index in [1.54, 1.807) is 14.2 Å². The molecule has 0 fully saturated rings. The van der Waals surface area contributed by atoms with E-state index in [1.807, 2.05) is 17.0 Å². The second kappa shape index (κ2) is 9.15. The minimum Gasteiger partial charge on any atom is -0.383 e. The van der Waals surface area contributed by atoms with Crippen molar-refractivity contribution in [2.45, 2.75) is 25.9 Å². The number of benzene rings is 1. The molecule has 126 valence electrons. The van der Waals surface area contributed by atoms with E-state index in [9.17, 15) is 4.79 Å². The molecule has 1 heterocycles. The van der Waals surface area contributed by atoms with Gasteiger partial charge in [-0.25, -0.2) is 0 Å². The summed E-state index contributed by atoms with van der Waals surface area (Å²) in [4.78, 5) is 18.3. The maximum atomic E-state index is 12.3. The highest BCUT2D eigenvalue weighted by Gasteiger charge is 2.22. The lowest BCUT2D eigenvalue weighted by atomic mass is 10.1. The number of nitrogens with one attached hydrogen (secondary N) is 2. The minimum atomic E-state index is 0.213. The van der Waals surface area contributed by atoms with Gasteiger partial charge in [0.15, 0.2) is 5.96 Å². The first-order valence-corrected chi connectivity index (χ1v) is 8.02. The molecular formula is C17H26N4O2. The van der Waals surface area contributed by atoms with Crippen LogP contribution in [0.25, 0.3) is 0 Å². The van der Waals surface area contributed by atoms with E-state index >= 15 is 0 Å². The Labute approximate surface area is 137 Å². The predicted molar refractivity (Wildman–Crippen MR) is 91.2 cm³/mol. The highest BCUT2D eigenvalue weighted by Crippen LogP contribution is 2.22. The Morgan fingerprint density at radius 1 is 1.22 bits per heavy atom. The number of carbonyl (C=O) groups excluding carboxylic acids is 1. The summed E-state index contributed by atoms with van der Waals surface area (Å²) >= 11 is 0. The number of hydrogen-bond donors (Lipinski definition) is 2. The number of nitrogens with zero attached hydrogens (tertiary/aromatic N) is 2. The molecule has 2 rings (SSSR count). The predicted octanol–water partition coefficient (Wildman–Crippen LogP) is 1.12. The fourth-order valence-electron chi connectivity index (χ4n) is 2.61. The molecule has 0 saturated carbocycles. The number of aliphatic imine (C=N–C) groups is 1. The van der Waals surface area contributed by atoms with Crippen molar-refractivity contribution in [1.29, 1.82) is 0 Å². The quantitative estimate of drug-likeness (QED) is 0.449. The van der Waals surface area contributed by atoms with Crippen LogP contribution in [0.5, 0.6) is 0 Å². The van der Waals surface area contributed by atoms with Crippen LogP contribution in [-0.4, -0.2) is 50.6 Å². The third-order valence-corrected chi connectivity index (χ3v) is 3.88. The average molecular weight is 318 g/mol. The lowest BCUT2D eigenvalue weighted by Crippen LogP contribution is -2.39. The van der Waals surface area contributed by atoms with Gasteiger partial charge in [-0.1, -0.05) is 24.3 Å². The summed E-state index contributed by atoms with van der Waals surface area (Å²) in [6, 6.07) is 8.25. The minimum absolute atomic E-state index is 0.213. The SMILES string of the molecule is CN=C(NCCCC(=O)N1Cc2ccccc2C1)NCCOC. The molecule has 1 aromatic rings. The van der Waals surface area contributed by atoms with Crippen LogP contribution < -0.4 is 10.6 Å². The van der Waals surface area contributed by atoms with Crippen LogP contribution in [-0.2, 0) is 22.6 Å². The number of ether oxygens (including phenoxy) is 1. The molecule has 1 aromatic carbocycles. The fraction of sp³-hybridized carbons (Fsp3) is 0.529. The summed E-state index contributed by atoms with van der Waals surface area (Å²) in [5.41, 5.74) is 2.53. The van der Waals surface area contributed by atoms with Crippen LogP contribution in [0.1, 0.15) is 24.0 Å². The number of carbonyl (C=O) groups is 1. The van der Waals surface area contributed by atoms with Crippen molar-refractivity contribution in [2.75, 3.05) is 33.9 Å². The van der Waals surface area contributed by atoms with Crippen molar-refractivity contribution in [1.82, 2.24) is 15.5 Å². The van der Waals surface area contributed by atoms with Gasteiger partial charge in [0, 0.05) is 46.8 Å². The summed E-state index contributed by atoms with van der Waals surface area (Å²) in [6.07, 6.45) is 1.34. The molecule has 6 heteroatoms. The number of amides is 1. The van der Waals surface area contributed by atoms with Gasteiger partial charge in [0.05, 0.1) is 6.61 Å². The Kier molecular flexibility index (Phi) is 6.87. The fourth-order valence-corrected chi connectivity index (χ4v) is 2.61. The number of guanidine groups is 1. The van der Waals surface area contributed by atoms with Crippen molar-refractivity contribution < 1.29 is 9.53 Å². The molecular weight excluding hydrogens is 292 g/mol. The van der Waals surface area contributed by atoms with Gasteiger partial charge in [-0.15, -0.1) is 0 Å². The smallest absolute Gasteiger partial charge is 0.223 e. The third kappa shape index (κ3) is 5.25. The van der Waals surface area contributed by atoms with Crippen LogP contribution >= 0.6 is 0 Å². The lowest BCUT2D eigenvalue weighted by molar-refractivity contribution is -0.131. The van der Waals surface area contributed by atoms with Crippen molar-refractivity contribution in [3.8, 4) is 0 Å². The molecule has 0 aliphatic carbocycles. The monoisotopic (exact) mass is 318 g/mol. The highest BCUT2D eigenvalue weighted by molar-refractivity contribution is 5.80. The van der Waals surface area contributed by atoms with Crippen molar-refractivity contribution in [3.05, 3.63) is 35.4 Å². The molecule has 0 unspecified atom stereocenters. The molecule has 6 nitrogen and oxygen atoms in total. The van der Waals surface area contributed by atoms with Gasteiger partial charge in [-0.3, -0.25) is 9.79 Å². The molecule has 0 aromatic heterocycles. The number of fused-ring (bicyclic) bond motifs is 1. The highest BCUT2D eigenvalue weighted by atomic mass is 16.5. The van der Waals surface area contributed by atoms with E-state index in [1.165, 1.54) is 11.1 Å². The van der Waals surface area contributed by atoms with Crippen molar-refractivity contribution in [2.24, 2.45) is 4.99 Å². The van der Waals surface area contributed by atoms with Gasteiger partial charge in [0.1, 0.15) is 0 Å². The maximum Gasteiger partial charge on any atom is 0.223 e. The molecule has 2 N–H and O–H groups in total. The van der Waals surface area contributed by atoms with Crippen molar-refractivity contribution >= 4 is 11.9 Å². The lowest BCUT2D eigenvalue weighted by Gasteiger charge is -2.16. The average Bonchev–Trinajstić information content (AvgIpc) is 3.01. The zero-order valence-corrected chi connectivity index (χ0v) is 14.0.